The molecule has 3 heteroatoms. The van der Waals surface area contributed by atoms with Gasteiger partial charge in [0.05, 0.1) is 11.0 Å². The Labute approximate surface area is 398 Å². The average molecular weight is 876 g/mol. The van der Waals surface area contributed by atoms with Crippen molar-refractivity contribution in [3.63, 3.8) is 0 Å². The van der Waals surface area contributed by atoms with Gasteiger partial charge in [-0.2, -0.15) is 0 Å². The number of aryl methyl sites for hydroxylation is 2. The van der Waals surface area contributed by atoms with E-state index in [0.29, 0.717) is 0 Å². The molecule has 68 heavy (non-hydrogen) atoms. The van der Waals surface area contributed by atoms with Gasteiger partial charge in [0, 0.05) is 67.0 Å². The molecule has 0 spiro atoms. The lowest BCUT2D eigenvalue weighted by Crippen LogP contribution is -2.19. The summed E-state index contributed by atoms with van der Waals surface area (Å²) in [6.45, 7) is 16.3. The van der Waals surface area contributed by atoms with E-state index in [1.807, 2.05) is 0 Å². The molecule has 0 aliphatic heterocycles. The lowest BCUT2D eigenvalue weighted by Gasteiger charge is -2.28. The number of hydrogen-bond acceptors (Lipinski definition) is 2. The summed E-state index contributed by atoms with van der Waals surface area (Å²) >= 11 is 0. The predicted octanol–water partition coefficient (Wildman–Crippen LogP) is 18.3. The molecule has 1 aliphatic carbocycles. The molecule has 13 rings (SSSR count). The van der Waals surface area contributed by atoms with Crippen LogP contribution in [0, 0.1) is 13.8 Å². The van der Waals surface area contributed by atoms with Crippen LogP contribution in [0.2, 0.25) is 0 Å². The van der Waals surface area contributed by atoms with Crippen LogP contribution < -0.4 is 9.80 Å². The highest BCUT2D eigenvalue weighted by Gasteiger charge is 2.42. The second-order valence-electron chi connectivity index (χ2n) is 20.9. The summed E-state index contributed by atoms with van der Waals surface area (Å²) in [6.07, 6.45) is 0. The smallest absolute Gasteiger partial charge is 0.0617 e. The molecule has 12 aromatic rings. The summed E-state index contributed by atoms with van der Waals surface area (Å²) in [4.78, 5) is 4.84. The van der Waals surface area contributed by atoms with Crippen molar-refractivity contribution >= 4 is 93.6 Å². The molecule has 0 fully saturated rings. The van der Waals surface area contributed by atoms with E-state index >= 15 is 0 Å². The zero-order valence-corrected chi connectivity index (χ0v) is 39.8. The number of anilines is 6. The van der Waals surface area contributed by atoms with E-state index < -0.39 is 0 Å². The highest BCUT2D eigenvalue weighted by atomic mass is 15.1. The zero-order chi connectivity index (χ0) is 46.2. The van der Waals surface area contributed by atoms with Crippen LogP contribution >= 0.6 is 0 Å². The van der Waals surface area contributed by atoms with Crippen molar-refractivity contribution in [2.75, 3.05) is 9.80 Å². The fourth-order valence-corrected chi connectivity index (χ4v) is 11.4. The molecule has 2 aromatic heterocycles. The highest BCUT2D eigenvalue weighted by molar-refractivity contribution is 6.22. The first-order valence-corrected chi connectivity index (χ1v) is 24.1. The molecule has 1 aliphatic rings. The van der Waals surface area contributed by atoms with E-state index in [-0.39, 0.29) is 10.8 Å². The Hall–Kier alpha value is -7.88. The van der Waals surface area contributed by atoms with E-state index in [9.17, 15) is 0 Å². The topological polar surface area (TPSA) is 10.9 Å². The molecule has 328 valence electrons. The Morgan fingerprint density at radius 2 is 0.868 bits per heavy atom. The van der Waals surface area contributed by atoms with E-state index in [4.69, 9.17) is 0 Å². The van der Waals surface area contributed by atoms with Crippen LogP contribution in [0.3, 0.4) is 0 Å². The van der Waals surface area contributed by atoms with Crippen LogP contribution in [0.1, 0.15) is 62.6 Å². The minimum Gasteiger partial charge on any atom is -0.311 e. The Kier molecular flexibility index (Phi) is 8.65. The van der Waals surface area contributed by atoms with Crippen LogP contribution in [0.5, 0.6) is 0 Å². The Balaban J connectivity index is 1.02. The van der Waals surface area contributed by atoms with Crippen LogP contribution in [0.25, 0.3) is 70.6 Å². The zero-order valence-electron chi connectivity index (χ0n) is 39.8. The van der Waals surface area contributed by atoms with E-state index in [1.165, 1.54) is 98.6 Å². The Bertz CT molecular complexity index is 3990. The predicted molar refractivity (Wildman–Crippen MR) is 291 cm³/mol. The largest absolute Gasteiger partial charge is 0.311 e. The second-order valence-corrected chi connectivity index (χ2v) is 20.9. The fraction of sp³-hybridized carbons (Fsp3) is 0.138. The van der Waals surface area contributed by atoms with Crippen molar-refractivity contribution in [1.29, 1.82) is 0 Å². The molecular weight excluding hydrogens is 823 g/mol. The third-order valence-electron chi connectivity index (χ3n) is 15.0. The molecule has 0 saturated heterocycles. The SMILES string of the molecule is Cc1ccc(N(c2ccc3c(c2)C(C)(C)c2c-3c3cc(C(C)(C)C)cc4c5cc6ccc(N(c7ccc(C)cc7)c7ccc8ccccc8c7)cc6cc5n2c34)c2ccc3ccccc3c2)cc1. The number of fused-ring (bicyclic) bond motifs is 11. The summed E-state index contributed by atoms with van der Waals surface area (Å²) in [7, 11) is 0. The third kappa shape index (κ3) is 6.11. The molecule has 3 nitrogen and oxygen atoms in total. The number of aromatic nitrogens is 1. The van der Waals surface area contributed by atoms with E-state index in [0.717, 1.165) is 34.1 Å². The molecule has 0 bridgehead atoms. The van der Waals surface area contributed by atoms with Gasteiger partial charge in [0.1, 0.15) is 0 Å². The maximum absolute atomic E-state index is 2.65. The first kappa shape index (κ1) is 40.4. The molecule has 0 N–H and O–H groups in total. The first-order chi connectivity index (χ1) is 32.9. The Morgan fingerprint density at radius 1 is 0.412 bits per heavy atom. The third-order valence-corrected chi connectivity index (χ3v) is 15.0. The second kappa shape index (κ2) is 14.6. The summed E-state index contributed by atoms with van der Waals surface area (Å²) in [6, 6.07) is 73.0. The van der Waals surface area contributed by atoms with E-state index in [2.05, 4.69) is 257 Å². The molecule has 10 aromatic carbocycles. The minimum atomic E-state index is -0.308. The van der Waals surface area contributed by atoms with Gasteiger partial charge in [-0.25, -0.2) is 0 Å². The van der Waals surface area contributed by atoms with Gasteiger partial charge in [0.25, 0.3) is 0 Å². The maximum Gasteiger partial charge on any atom is 0.0617 e. The molecule has 0 amide bonds. The Morgan fingerprint density at radius 3 is 1.43 bits per heavy atom. The van der Waals surface area contributed by atoms with Crippen molar-refractivity contribution in [1.82, 2.24) is 4.40 Å². The monoisotopic (exact) mass is 875 g/mol. The summed E-state index contributed by atoms with van der Waals surface area (Å²) in [5.74, 6) is 0. The van der Waals surface area contributed by atoms with Crippen LogP contribution in [0.15, 0.2) is 194 Å². The van der Waals surface area contributed by atoms with Gasteiger partial charge in [0.15, 0.2) is 0 Å². The standard InChI is InChI=1S/C65H53N3/c1-40-16-23-49(24-17-40)66(51-27-20-42-12-8-10-14-44(42)32-51)53-29-22-46-35-56-57-37-48(64(3,4)5)38-58-61-55-31-30-54(39-59(55)65(6,7)63(61)68(62(57)58)60(56)36-47(46)34-53)67(50-25-18-41(2)19-26-50)52-28-21-43-13-9-11-15-45(43)33-52/h8-39H,1-7H3. The molecule has 0 atom stereocenters. The van der Waals surface area contributed by atoms with Crippen LogP contribution in [0.4, 0.5) is 34.1 Å². The summed E-state index contributed by atoms with van der Waals surface area (Å²) in [5, 5.41) is 11.4. The maximum atomic E-state index is 2.65. The molecule has 0 saturated carbocycles. The fourth-order valence-electron chi connectivity index (χ4n) is 11.4. The van der Waals surface area contributed by atoms with Gasteiger partial charge in [-0.3, -0.25) is 0 Å². The lowest BCUT2D eigenvalue weighted by atomic mass is 9.85. The molecule has 0 radical (unpaired) electrons. The van der Waals surface area contributed by atoms with Crippen molar-refractivity contribution in [2.45, 2.75) is 59.3 Å². The van der Waals surface area contributed by atoms with Gasteiger partial charge in [-0.05, 0) is 165 Å². The van der Waals surface area contributed by atoms with Crippen LogP contribution in [-0.4, -0.2) is 4.40 Å². The van der Waals surface area contributed by atoms with Crippen LogP contribution in [-0.2, 0) is 10.8 Å². The van der Waals surface area contributed by atoms with E-state index in [1.54, 1.807) is 0 Å². The van der Waals surface area contributed by atoms with Crippen molar-refractivity contribution in [2.24, 2.45) is 0 Å². The first-order valence-electron chi connectivity index (χ1n) is 24.1. The number of rotatable bonds is 6. The van der Waals surface area contributed by atoms with Crippen molar-refractivity contribution < 1.29 is 0 Å². The van der Waals surface area contributed by atoms with Crippen molar-refractivity contribution in [3.8, 4) is 11.1 Å². The average Bonchev–Trinajstić information content (AvgIpc) is 3.93. The number of hydrogen-bond donors (Lipinski definition) is 0. The normalized spacial score (nSPS) is 13.3. The van der Waals surface area contributed by atoms with Gasteiger partial charge in [-0.1, -0.05) is 143 Å². The lowest BCUT2D eigenvalue weighted by molar-refractivity contribution is 0.592. The number of benzene rings is 10. The summed E-state index contributed by atoms with van der Waals surface area (Å²) in [5.41, 5.74) is 18.4. The van der Waals surface area contributed by atoms with Gasteiger partial charge in [0.2, 0.25) is 0 Å². The quantitative estimate of drug-likeness (QED) is 0.165. The van der Waals surface area contributed by atoms with Gasteiger partial charge in [-0.15, -0.1) is 0 Å². The van der Waals surface area contributed by atoms with Gasteiger partial charge < -0.3 is 14.2 Å². The molecular formula is C65H53N3. The highest BCUT2D eigenvalue weighted by Crippen LogP contribution is 2.57. The molecule has 0 unspecified atom stereocenters. The molecule has 2 heterocycles. The van der Waals surface area contributed by atoms with Gasteiger partial charge >= 0.3 is 0 Å². The summed E-state index contributed by atoms with van der Waals surface area (Å²) < 4.78 is 2.65. The minimum absolute atomic E-state index is 0.0361. The van der Waals surface area contributed by atoms with Crippen molar-refractivity contribution in [3.05, 3.63) is 222 Å². The number of nitrogens with zero attached hydrogens (tertiary/aromatic N) is 3.